The molecular formula is C10H13N. The summed E-state index contributed by atoms with van der Waals surface area (Å²) < 4.78 is 0. The number of nitrogens with zero attached hydrogens (tertiary/aromatic N) is 1. The predicted molar refractivity (Wildman–Crippen MR) is 48.3 cm³/mol. The standard InChI is InChI=1S/C8H7N.C2H6/c1-3-8-4-7(2)5-9-6-8;1-2/h1,4-6H,2H3;1-2H3. The Morgan fingerprint density at radius 1 is 1.36 bits per heavy atom. The molecule has 58 valence electrons. The molecule has 0 saturated carbocycles. The minimum absolute atomic E-state index is 0.843. The number of hydrogen-bond donors (Lipinski definition) is 0. The largest absolute Gasteiger partial charge is 0.263 e. The van der Waals surface area contributed by atoms with Gasteiger partial charge in [-0.05, 0) is 18.6 Å². The average Bonchev–Trinajstić information content (AvgIpc) is 2.08. The molecule has 0 N–H and O–H groups in total. The number of hydrogen-bond acceptors (Lipinski definition) is 1. The first-order valence-electron chi connectivity index (χ1n) is 3.71. The summed E-state index contributed by atoms with van der Waals surface area (Å²) in [5, 5.41) is 0. The van der Waals surface area contributed by atoms with Crippen LogP contribution in [0.3, 0.4) is 0 Å². The maximum atomic E-state index is 5.13. The Morgan fingerprint density at radius 2 is 2.00 bits per heavy atom. The first-order chi connectivity index (χ1) is 5.33. The fourth-order valence-electron chi connectivity index (χ4n) is 0.634. The fraction of sp³-hybridized carbons (Fsp3) is 0.300. The molecule has 1 heteroatoms. The molecule has 0 aliphatic heterocycles. The second-order valence-corrected chi connectivity index (χ2v) is 1.90. The van der Waals surface area contributed by atoms with E-state index in [0.29, 0.717) is 0 Å². The zero-order chi connectivity index (χ0) is 8.69. The van der Waals surface area contributed by atoms with Gasteiger partial charge in [0, 0.05) is 18.0 Å². The second-order valence-electron chi connectivity index (χ2n) is 1.90. The van der Waals surface area contributed by atoms with Crippen molar-refractivity contribution in [2.75, 3.05) is 0 Å². The maximum Gasteiger partial charge on any atom is 0.0428 e. The highest BCUT2D eigenvalue weighted by atomic mass is 14.6. The Hall–Kier alpha value is -1.29. The predicted octanol–water partition coefficient (Wildman–Crippen LogP) is 2.40. The van der Waals surface area contributed by atoms with E-state index in [1.54, 1.807) is 12.4 Å². The van der Waals surface area contributed by atoms with Crippen LogP contribution in [-0.2, 0) is 0 Å². The molecule has 1 aromatic rings. The fourth-order valence-corrected chi connectivity index (χ4v) is 0.634. The Kier molecular flexibility index (Phi) is 4.85. The van der Waals surface area contributed by atoms with Gasteiger partial charge in [-0.3, -0.25) is 4.98 Å². The molecule has 0 spiro atoms. The van der Waals surface area contributed by atoms with Gasteiger partial charge in [0.15, 0.2) is 0 Å². The molecule has 0 aliphatic carbocycles. The average molecular weight is 147 g/mol. The summed E-state index contributed by atoms with van der Waals surface area (Å²) >= 11 is 0. The Balaban J connectivity index is 0.000000461. The summed E-state index contributed by atoms with van der Waals surface area (Å²) in [5.74, 6) is 2.51. The lowest BCUT2D eigenvalue weighted by atomic mass is 10.2. The number of pyridine rings is 1. The van der Waals surface area contributed by atoms with Crippen molar-refractivity contribution in [1.82, 2.24) is 4.98 Å². The van der Waals surface area contributed by atoms with Crippen LogP contribution in [0.2, 0.25) is 0 Å². The van der Waals surface area contributed by atoms with Crippen molar-refractivity contribution in [1.29, 1.82) is 0 Å². The summed E-state index contributed by atoms with van der Waals surface area (Å²) in [6.07, 6.45) is 8.58. The Labute approximate surface area is 68.5 Å². The van der Waals surface area contributed by atoms with Crippen LogP contribution in [0.4, 0.5) is 0 Å². The Bertz CT molecular complexity index is 245. The molecule has 0 fully saturated rings. The Morgan fingerprint density at radius 3 is 2.36 bits per heavy atom. The molecule has 11 heavy (non-hydrogen) atoms. The van der Waals surface area contributed by atoms with Gasteiger partial charge in [0.1, 0.15) is 0 Å². The summed E-state index contributed by atoms with van der Waals surface area (Å²) in [7, 11) is 0. The number of terminal acetylenes is 1. The monoisotopic (exact) mass is 147 g/mol. The van der Waals surface area contributed by atoms with Crippen molar-refractivity contribution in [3.8, 4) is 12.3 Å². The maximum absolute atomic E-state index is 5.13. The van der Waals surface area contributed by atoms with E-state index in [0.717, 1.165) is 11.1 Å². The van der Waals surface area contributed by atoms with Crippen molar-refractivity contribution in [2.24, 2.45) is 0 Å². The zero-order valence-electron chi connectivity index (χ0n) is 7.26. The van der Waals surface area contributed by atoms with Crippen molar-refractivity contribution >= 4 is 0 Å². The quantitative estimate of drug-likeness (QED) is 0.513. The topological polar surface area (TPSA) is 12.9 Å². The third-order valence-corrected chi connectivity index (χ3v) is 1.04. The molecule has 0 aliphatic rings. The van der Waals surface area contributed by atoms with Crippen LogP contribution in [0.5, 0.6) is 0 Å². The highest BCUT2D eigenvalue weighted by Crippen LogP contribution is 1.97. The van der Waals surface area contributed by atoms with Gasteiger partial charge in [0.05, 0.1) is 0 Å². The van der Waals surface area contributed by atoms with Gasteiger partial charge in [-0.25, -0.2) is 0 Å². The van der Waals surface area contributed by atoms with Crippen LogP contribution >= 0.6 is 0 Å². The number of aromatic nitrogens is 1. The first-order valence-corrected chi connectivity index (χ1v) is 3.71. The number of aryl methyl sites for hydroxylation is 1. The lowest BCUT2D eigenvalue weighted by Crippen LogP contribution is -1.78. The van der Waals surface area contributed by atoms with Crippen LogP contribution < -0.4 is 0 Å². The summed E-state index contributed by atoms with van der Waals surface area (Å²) in [5.41, 5.74) is 1.94. The number of rotatable bonds is 0. The van der Waals surface area contributed by atoms with Crippen LogP contribution in [0.15, 0.2) is 18.5 Å². The minimum Gasteiger partial charge on any atom is -0.263 e. The van der Waals surface area contributed by atoms with E-state index in [2.05, 4.69) is 10.9 Å². The highest BCUT2D eigenvalue weighted by Gasteiger charge is 1.85. The lowest BCUT2D eigenvalue weighted by molar-refractivity contribution is 1.26. The van der Waals surface area contributed by atoms with Crippen LogP contribution in [0.1, 0.15) is 25.0 Å². The molecule has 1 heterocycles. The van der Waals surface area contributed by atoms with E-state index in [-0.39, 0.29) is 0 Å². The van der Waals surface area contributed by atoms with Gasteiger partial charge in [-0.2, -0.15) is 0 Å². The summed E-state index contributed by atoms with van der Waals surface area (Å²) in [6.45, 7) is 5.97. The van der Waals surface area contributed by atoms with Crippen LogP contribution in [0, 0.1) is 19.3 Å². The summed E-state index contributed by atoms with van der Waals surface area (Å²) in [6, 6.07) is 1.92. The van der Waals surface area contributed by atoms with Gasteiger partial charge in [0.2, 0.25) is 0 Å². The van der Waals surface area contributed by atoms with Crippen molar-refractivity contribution in [3.05, 3.63) is 29.6 Å². The molecule has 0 bridgehead atoms. The third kappa shape index (κ3) is 3.42. The van der Waals surface area contributed by atoms with Crippen molar-refractivity contribution in [2.45, 2.75) is 20.8 Å². The minimum atomic E-state index is 0.843. The van der Waals surface area contributed by atoms with Crippen LogP contribution in [0.25, 0.3) is 0 Å². The van der Waals surface area contributed by atoms with E-state index < -0.39 is 0 Å². The van der Waals surface area contributed by atoms with Gasteiger partial charge in [0.25, 0.3) is 0 Å². The lowest BCUT2D eigenvalue weighted by Gasteiger charge is -1.89. The van der Waals surface area contributed by atoms with E-state index in [4.69, 9.17) is 6.42 Å². The molecule has 1 aromatic heterocycles. The molecule has 0 atom stereocenters. The first kappa shape index (κ1) is 9.71. The smallest absolute Gasteiger partial charge is 0.0428 e. The van der Waals surface area contributed by atoms with E-state index in [1.807, 2.05) is 26.8 Å². The molecule has 0 amide bonds. The van der Waals surface area contributed by atoms with E-state index in [9.17, 15) is 0 Å². The molecule has 0 saturated heterocycles. The molecular weight excluding hydrogens is 134 g/mol. The molecule has 0 aromatic carbocycles. The van der Waals surface area contributed by atoms with Gasteiger partial charge in [-0.15, -0.1) is 6.42 Å². The SMILES string of the molecule is C#Cc1cncc(C)c1.CC. The second kappa shape index (κ2) is 5.49. The van der Waals surface area contributed by atoms with Gasteiger partial charge >= 0.3 is 0 Å². The molecule has 1 nitrogen and oxygen atoms in total. The van der Waals surface area contributed by atoms with Gasteiger partial charge in [-0.1, -0.05) is 19.8 Å². The highest BCUT2D eigenvalue weighted by molar-refractivity contribution is 5.31. The summed E-state index contributed by atoms with van der Waals surface area (Å²) in [4.78, 5) is 3.91. The molecule has 0 unspecified atom stereocenters. The normalized spacial score (nSPS) is 7.45. The third-order valence-electron chi connectivity index (χ3n) is 1.04. The molecule has 1 rings (SSSR count). The molecule has 0 radical (unpaired) electrons. The van der Waals surface area contributed by atoms with Crippen molar-refractivity contribution in [3.63, 3.8) is 0 Å². The van der Waals surface area contributed by atoms with Crippen molar-refractivity contribution < 1.29 is 0 Å². The van der Waals surface area contributed by atoms with Gasteiger partial charge < -0.3 is 0 Å². The zero-order valence-corrected chi connectivity index (χ0v) is 7.26. The van der Waals surface area contributed by atoms with Crippen LogP contribution in [-0.4, -0.2) is 4.98 Å². The van der Waals surface area contributed by atoms with E-state index in [1.165, 1.54) is 0 Å². The van der Waals surface area contributed by atoms with E-state index >= 15 is 0 Å².